The monoisotopic (exact) mass is 560 g/mol. The maximum absolute atomic E-state index is 11.1. The number of benzene rings is 1. The minimum absolute atomic E-state index is 0. The smallest absolute Gasteiger partial charge is 0.208 e. The molecule has 0 aromatic heterocycles. The highest BCUT2D eigenvalue weighted by Gasteiger charge is 2.08. The van der Waals surface area contributed by atoms with Crippen molar-refractivity contribution in [2.45, 2.75) is 26.7 Å². The van der Waals surface area contributed by atoms with E-state index in [1.54, 1.807) is 0 Å². The van der Waals surface area contributed by atoms with Crippen LogP contribution in [0.15, 0.2) is 33.7 Å². The van der Waals surface area contributed by atoms with E-state index in [1.807, 2.05) is 13.0 Å². The molecule has 9 heteroatoms. The molecule has 1 rings (SSSR count). The normalized spacial score (nSPS) is 13.0. The second-order valence-electron chi connectivity index (χ2n) is 5.92. The minimum atomic E-state index is -3.16. The lowest BCUT2D eigenvalue weighted by Gasteiger charge is -2.15. The summed E-state index contributed by atoms with van der Waals surface area (Å²) in [5, 5.41) is 6.34. The van der Waals surface area contributed by atoms with Crippen molar-refractivity contribution in [3.63, 3.8) is 0 Å². The molecule has 26 heavy (non-hydrogen) atoms. The van der Waals surface area contributed by atoms with E-state index in [0.29, 0.717) is 25.0 Å². The summed E-state index contributed by atoms with van der Waals surface area (Å²) in [5.41, 5.74) is 1.30. The van der Waals surface area contributed by atoms with Gasteiger partial charge in [0, 0.05) is 30.7 Å². The molecule has 1 aromatic rings. The molecule has 1 atom stereocenters. The van der Waals surface area contributed by atoms with Gasteiger partial charge in [-0.25, -0.2) is 13.1 Å². The number of rotatable bonds is 10. The molecule has 0 heterocycles. The third-order valence-electron chi connectivity index (χ3n) is 3.62. The Bertz CT molecular complexity index is 656. The lowest BCUT2D eigenvalue weighted by Crippen LogP contribution is -2.41. The Hall–Kier alpha value is -0.390. The highest BCUT2D eigenvalue weighted by atomic mass is 127. The van der Waals surface area contributed by atoms with E-state index in [9.17, 15) is 8.42 Å². The highest BCUT2D eigenvalue weighted by molar-refractivity contribution is 14.0. The lowest BCUT2D eigenvalue weighted by molar-refractivity contribution is 0.517. The Labute approximate surface area is 183 Å². The molecular formula is C17H30BrIN4O2S. The molecule has 150 valence electrons. The zero-order valence-corrected chi connectivity index (χ0v) is 20.3. The summed E-state index contributed by atoms with van der Waals surface area (Å²) < 4.78 is 25.7. The second kappa shape index (κ2) is 13.7. The average molecular weight is 561 g/mol. The predicted octanol–water partition coefficient (Wildman–Crippen LogP) is 2.74. The van der Waals surface area contributed by atoms with Gasteiger partial charge in [0.15, 0.2) is 5.96 Å². The van der Waals surface area contributed by atoms with Crippen LogP contribution in [0, 0.1) is 5.92 Å². The first-order chi connectivity index (χ1) is 11.8. The zero-order valence-electron chi connectivity index (χ0n) is 15.6. The van der Waals surface area contributed by atoms with Crippen LogP contribution in [0.3, 0.4) is 0 Å². The molecule has 3 N–H and O–H groups in total. The Morgan fingerprint density at radius 1 is 1.23 bits per heavy atom. The van der Waals surface area contributed by atoms with Crippen molar-refractivity contribution >= 4 is 55.9 Å². The predicted molar refractivity (Wildman–Crippen MR) is 124 cm³/mol. The van der Waals surface area contributed by atoms with Crippen LogP contribution in [0.4, 0.5) is 0 Å². The number of hydrogen-bond acceptors (Lipinski definition) is 3. The maximum atomic E-state index is 11.1. The number of guanidine groups is 1. The number of sulfonamides is 1. The molecule has 0 saturated carbocycles. The topological polar surface area (TPSA) is 82.6 Å². The van der Waals surface area contributed by atoms with Gasteiger partial charge in [-0.2, -0.15) is 0 Å². The van der Waals surface area contributed by atoms with Crippen molar-refractivity contribution in [2.24, 2.45) is 10.9 Å². The summed E-state index contributed by atoms with van der Waals surface area (Å²) in [5.74, 6) is 1.17. The molecule has 0 bridgehead atoms. The Kier molecular flexibility index (Phi) is 13.5. The Balaban J connectivity index is 0.00000625. The summed E-state index contributed by atoms with van der Waals surface area (Å²) in [4.78, 5) is 4.64. The van der Waals surface area contributed by atoms with E-state index >= 15 is 0 Å². The Morgan fingerprint density at radius 3 is 2.54 bits per heavy atom. The second-order valence-corrected chi connectivity index (χ2v) is 8.67. The lowest BCUT2D eigenvalue weighted by atomic mass is 9.97. The van der Waals surface area contributed by atoms with Crippen LogP contribution in [0.25, 0.3) is 0 Å². The summed E-state index contributed by atoms with van der Waals surface area (Å²) >= 11 is 3.51. The van der Waals surface area contributed by atoms with E-state index < -0.39 is 10.0 Å². The first-order valence-electron chi connectivity index (χ1n) is 8.55. The largest absolute Gasteiger partial charge is 0.357 e. The maximum Gasteiger partial charge on any atom is 0.208 e. The molecule has 0 aliphatic heterocycles. The highest BCUT2D eigenvalue weighted by Crippen LogP contribution is 2.17. The first-order valence-corrected chi connectivity index (χ1v) is 11.2. The average Bonchev–Trinajstić information content (AvgIpc) is 2.54. The van der Waals surface area contributed by atoms with Crippen molar-refractivity contribution < 1.29 is 8.42 Å². The van der Waals surface area contributed by atoms with Gasteiger partial charge in [-0.1, -0.05) is 41.4 Å². The van der Waals surface area contributed by atoms with Gasteiger partial charge in [-0.15, -0.1) is 24.0 Å². The van der Waals surface area contributed by atoms with Crippen LogP contribution in [-0.4, -0.2) is 46.8 Å². The summed E-state index contributed by atoms with van der Waals surface area (Å²) in [7, 11) is -3.16. The zero-order chi connectivity index (χ0) is 18.7. The molecule has 0 spiro atoms. The molecule has 1 aromatic carbocycles. The molecule has 0 aliphatic rings. The van der Waals surface area contributed by atoms with E-state index in [1.165, 1.54) is 5.56 Å². The number of nitrogens with one attached hydrogen (secondary N) is 3. The number of aliphatic imine (C=N–C) groups is 1. The van der Waals surface area contributed by atoms with Crippen molar-refractivity contribution in [3.8, 4) is 0 Å². The van der Waals surface area contributed by atoms with Crippen LogP contribution >= 0.6 is 39.9 Å². The molecule has 1 unspecified atom stereocenters. The number of nitrogens with zero attached hydrogens (tertiary/aromatic N) is 1. The summed E-state index contributed by atoms with van der Waals surface area (Å²) in [6, 6.07) is 8.36. The van der Waals surface area contributed by atoms with Crippen molar-refractivity contribution in [2.75, 3.05) is 32.4 Å². The van der Waals surface area contributed by atoms with Gasteiger partial charge >= 0.3 is 0 Å². The third-order valence-corrected chi connectivity index (χ3v) is 4.85. The first kappa shape index (κ1) is 25.6. The fourth-order valence-corrected chi connectivity index (χ4v) is 3.23. The fourth-order valence-electron chi connectivity index (χ4n) is 2.31. The van der Waals surface area contributed by atoms with Gasteiger partial charge in [0.2, 0.25) is 10.0 Å². The van der Waals surface area contributed by atoms with Crippen molar-refractivity contribution in [1.29, 1.82) is 0 Å². The van der Waals surface area contributed by atoms with E-state index in [4.69, 9.17) is 0 Å². The molecule has 0 aliphatic carbocycles. The minimum Gasteiger partial charge on any atom is -0.357 e. The SMILES string of the molecule is CCNC(=NCC(CC)Cc1cccc(Br)c1)NCCNS(C)(=O)=O.I. The van der Waals surface area contributed by atoms with Gasteiger partial charge < -0.3 is 10.6 Å². The van der Waals surface area contributed by atoms with Crippen molar-refractivity contribution in [1.82, 2.24) is 15.4 Å². The molecule has 0 saturated heterocycles. The molecule has 0 amide bonds. The van der Waals surface area contributed by atoms with Crippen LogP contribution in [0.2, 0.25) is 0 Å². The van der Waals surface area contributed by atoms with Crippen LogP contribution < -0.4 is 15.4 Å². The van der Waals surface area contributed by atoms with Crippen LogP contribution in [0.5, 0.6) is 0 Å². The summed E-state index contributed by atoms with van der Waals surface area (Å²) in [6.45, 7) is 6.48. The van der Waals surface area contributed by atoms with E-state index in [2.05, 4.69) is 61.4 Å². The van der Waals surface area contributed by atoms with Gasteiger partial charge in [-0.3, -0.25) is 4.99 Å². The quantitative estimate of drug-likeness (QED) is 0.178. The van der Waals surface area contributed by atoms with Gasteiger partial charge in [-0.05, 0) is 37.0 Å². The van der Waals surface area contributed by atoms with Gasteiger partial charge in [0.25, 0.3) is 0 Å². The Morgan fingerprint density at radius 2 is 1.96 bits per heavy atom. The molecule has 0 fully saturated rings. The number of halogens is 2. The fraction of sp³-hybridized carbons (Fsp3) is 0.588. The standard InChI is InChI=1S/C17H29BrN4O2S.HI/c1-4-14(11-15-7-6-8-16(18)12-15)13-21-17(19-5-2)20-9-10-22-25(3,23)24;/h6-8,12,14,22H,4-5,9-11,13H2,1-3H3,(H2,19,20,21);1H. The van der Waals surface area contributed by atoms with E-state index in [0.717, 1.165) is 36.7 Å². The molecular weight excluding hydrogens is 531 g/mol. The van der Waals surface area contributed by atoms with Gasteiger partial charge in [0.05, 0.1) is 6.26 Å². The third kappa shape index (κ3) is 12.1. The van der Waals surface area contributed by atoms with E-state index in [-0.39, 0.29) is 24.0 Å². The van der Waals surface area contributed by atoms with Gasteiger partial charge in [0.1, 0.15) is 0 Å². The molecule has 0 radical (unpaired) electrons. The summed E-state index contributed by atoms with van der Waals surface area (Å²) in [6.07, 6.45) is 3.18. The van der Waals surface area contributed by atoms with Crippen LogP contribution in [-0.2, 0) is 16.4 Å². The molecule has 6 nitrogen and oxygen atoms in total. The number of hydrogen-bond donors (Lipinski definition) is 3. The van der Waals surface area contributed by atoms with Crippen LogP contribution in [0.1, 0.15) is 25.8 Å². The van der Waals surface area contributed by atoms with Crippen molar-refractivity contribution in [3.05, 3.63) is 34.3 Å².